The highest BCUT2D eigenvalue weighted by molar-refractivity contribution is 6.29. The van der Waals surface area contributed by atoms with E-state index in [0.29, 0.717) is 49.6 Å². The number of rotatable bonds is 8. The van der Waals surface area contributed by atoms with Crippen molar-refractivity contribution < 1.29 is 19.0 Å². The largest absolute Gasteiger partial charge is 0.444 e. The van der Waals surface area contributed by atoms with E-state index in [2.05, 4.69) is 51.6 Å². The molecule has 2 atom stereocenters. The molecule has 17 heteroatoms. The molecule has 2 aliphatic rings. The van der Waals surface area contributed by atoms with E-state index >= 15 is 0 Å². The maximum atomic E-state index is 12.1. The van der Waals surface area contributed by atoms with Crippen molar-refractivity contribution in [3.63, 3.8) is 0 Å². The van der Waals surface area contributed by atoms with Crippen LogP contribution in [0.2, 0.25) is 5.15 Å². The number of anilines is 4. The summed E-state index contributed by atoms with van der Waals surface area (Å²) in [6, 6.07) is 5.51. The van der Waals surface area contributed by atoms with Crippen molar-refractivity contribution in [1.82, 2.24) is 40.6 Å². The maximum absolute atomic E-state index is 12.1. The van der Waals surface area contributed by atoms with Crippen LogP contribution in [0.1, 0.15) is 37.9 Å². The number of hydrogen-bond donors (Lipinski definition) is 4. The molecule has 0 saturated carbocycles. The van der Waals surface area contributed by atoms with Gasteiger partial charge in [0.1, 0.15) is 17.5 Å². The fourth-order valence-corrected chi connectivity index (χ4v) is 4.56. The monoisotopic (exact) mass is 668 g/mol. The highest BCUT2D eigenvalue weighted by Crippen LogP contribution is 2.19. The highest BCUT2D eigenvalue weighted by Gasteiger charge is 2.28. The Labute approximate surface area is 279 Å². The van der Waals surface area contributed by atoms with Gasteiger partial charge in [-0.2, -0.15) is 15.5 Å². The Bertz CT molecular complexity index is 1510. The molecule has 2 fully saturated rings. The lowest BCUT2D eigenvalue weighted by Crippen LogP contribution is -2.49. The van der Waals surface area contributed by atoms with Crippen LogP contribution >= 0.6 is 11.6 Å². The number of aromatic nitrogens is 6. The van der Waals surface area contributed by atoms with Crippen molar-refractivity contribution in [2.45, 2.75) is 52.4 Å². The van der Waals surface area contributed by atoms with E-state index in [9.17, 15) is 4.79 Å². The van der Waals surface area contributed by atoms with Gasteiger partial charge in [0.05, 0.1) is 67.1 Å². The molecule has 5 rings (SSSR count). The van der Waals surface area contributed by atoms with Gasteiger partial charge in [0.15, 0.2) is 16.7 Å². The fourth-order valence-electron chi connectivity index (χ4n) is 4.42. The summed E-state index contributed by atoms with van der Waals surface area (Å²) < 4.78 is 16.8. The van der Waals surface area contributed by atoms with Crippen LogP contribution in [0.5, 0.6) is 0 Å². The van der Waals surface area contributed by atoms with Gasteiger partial charge in [0.2, 0.25) is 0 Å². The molecule has 252 valence electrons. The van der Waals surface area contributed by atoms with Gasteiger partial charge in [-0.3, -0.25) is 0 Å². The number of halogens is 1. The van der Waals surface area contributed by atoms with Crippen LogP contribution in [0.25, 0.3) is 0 Å². The number of hydrogen-bond acceptors (Lipinski definition) is 15. The second-order valence-electron chi connectivity index (χ2n) is 11.8. The molecular weight excluding hydrogens is 628 g/mol. The van der Waals surface area contributed by atoms with E-state index in [4.69, 9.17) is 31.1 Å². The Morgan fingerprint density at radius 3 is 2.38 bits per heavy atom. The molecule has 1 amide bonds. The van der Waals surface area contributed by atoms with Crippen molar-refractivity contribution in [2.75, 3.05) is 68.4 Å². The first-order chi connectivity index (χ1) is 22.5. The second-order valence-corrected chi connectivity index (χ2v) is 12.2. The lowest BCUT2D eigenvalue weighted by atomic mass is 10.2. The van der Waals surface area contributed by atoms with Crippen LogP contribution in [-0.2, 0) is 14.2 Å². The summed E-state index contributed by atoms with van der Waals surface area (Å²) in [4.78, 5) is 21.9. The standard InChI is InChI=1S/C15H23ClN4O3.C15H18N8O/c1-10-12(7-13(16)19-18-10)17-8-11-9-20(5-6-22-11)14(21)23-15(2,3)4;1-10-13(19-8-12-7-17-2-3-24-12)4-14(23-22-10)21-15-9-18-11(5-16)6-20-15/h7,11H,5-6,8-9H2,1-4H3,(H,17,19);4,6,9,12,17H,2-3,7-8H2,1H3,(H2,19,20,21,23). The minimum Gasteiger partial charge on any atom is -0.444 e. The summed E-state index contributed by atoms with van der Waals surface area (Å²) in [5, 5.41) is 37.9. The van der Waals surface area contributed by atoms with Gasteiger partial charge in [0, 0.05) is 44.9 Å². The molecular formula is C30H41ClN12O4. The number of nitrogens with one attached hydrogen (secondary N) is 4. The Morgan fingerprint density at radius 1 is 1.02 bits per heavy atom. The predicted molar refractivity (Wildman–Crippen MR) is 176 cm³/mol. The molecule has 0 aromatic carbocycles. The first-order valence-electron chi connectivity index (χ1n) is 15.2. The molecule has 2 saturated heterocycles. The predicted octanol–water partition coefficient (Wildman–Crippen LogP) is 3.08. The lowest BCUT2D eigenvalue weighted by Gasteiger charge is -2.34. The summed E-state index contributed by atoms with van der Waals surface area (Å²) in [7, 11) is 0. The van der Waals surface area contributed by atoms with E-state index in [-0.39, 0.29) is 24.0 Å². The van der Waals surface area contributed by atoms with Crippen LogP contribution in [0, 0.1) is 25.2 Å². The fraction of sp³-hybridized carbons (Fsp3) is 0.533. The zero-order valence-corrected chi connectivity index (χ0v) is 28.0. The van der Waals surface area contributed by atoms with Crippen molar-refractivity contribution in [3.8, 4) is 6.07 Å². The number of carbonyl (C=O) groups excluding carboxylic acids is 1. The third-order valence-corrected chi connectivity index (χ3v) is 6.97. The van der Waals surface area contributed by atoms with Gasteiger partial charge in [-0.15, -0.1) is 10.2 Å². The second kappa shape index (κ2) is 16.9. The molecule has 0 bridgehead atoms. The van der Waals surface area contributed by atoms with Crippen LogP contribution < -0.4 is 21.3 Å². The van der Waals surface area contributed by atoms with E-state index in [0.717, 1.165) is 42.5 Å². The average Bonchev–Trinajstić information content (AvgIpc) is 3.06. The summed E-state index contributed by atoms with van der Waals surface area (Å²) in [5.41, 5.74) is 3.01. The summed E-state index contributed by atoms with van der Waals surface area (Å²) in [6.45, 7) is 14.5. The average molecular weight is 669 g/mol. The van der Waals surface area contributed by atoms with Gasteiger partial charge >= 0.3 is 6.09 Å². The van der Waals surface area contributed by atoms with Crippen LogP contribution in [0.3, 0.4) is 0 Å². The normalized spacial score (nSPS) is 17.9. The topological polar surface area (TPSA) is 197 Å². The minimum atomic E-state index is -0.500. The van der Waals surface area contributed by atoms with Crippen LogP contribution in [0.4, 0.5) is 27.8 Å². The number of nitrogens with zero attached hydrogens (tertiary/aromatic N) is 8. The molecule has 47 heavy (non-hydrogen) atoms. The maximum Gasteiger partial charge on any atom is 0.410 e. The van der Waals surface area contributed by atoms with E-state index in [1.807, 2.05) is 46.8 Å². The van der Waals surface area contributed by atoms with Gasteiger partial charge in [-0.05, 0) is 34.6 Å². The molecule has 2 unspecified atom stereocenters. The molecule has 5 heterocycles. The molecule has 3 aromatic heterocycles. The van der Waals surface area contributed by atoms with E-state index in [1.54, 1.807) is 11.0 Å². The van der Waals surface area contributed by atoms with Crippen molar-refractivity contribution >= 4 is 40.7 Å². The number of nitriles is 1. The van der Waals surface area contributed by atoms with Crippen molar-refractivity contribution in [1.29, 1.82) is 5.26 Å². The highest BCUT2D eigenvalue weighted by atomic mass is 35.5. The van der Waals surface area contributed by atoms with E-state index < -0.39 is 5.60 Å². The smallest absolute Gasteiger partial charge is 0.410 e. The molecule has 4 N–H and O–H groups in total. The van der Waals surface area contributed by atoms with Crippen molar-refractivity contribution in [2.24, 2.45) is 0 Å². The Hall–Kier alpha value is -4.43. The minimum absolute atomic E-state index is 0.123. The van der Waals surface area contributed by atoms with Crippen LogP contribution in [0.15, 0.2) is 24.5 Å². The zero-order chi connectivity index (χ0) is 33.8. The van der Waals surface area contributed by atoms with Crippen molar-refractivity contribution in [3.05, 3.63) is 46.8 Å². The molecule has 16 nitrogen and oxygen atoms in total. The summed E-state index contributed by atoms with van der Waals surface area (Å²) in [6.07, 6.45) is 2.58. The molecule has 0 spiro atoms. The van der Waals surface area contributed by atoms with Gasteiger partial charge < -0.3 is 40.4 Å². The van der Waals surface area contributed by atoms with Gasteiger partial charge in [0.25, 0.3) is 0 Å². The third kappa shape index (κ3) is 11.7. The molecule has 2 aliphatic heterocycles. The zero-order valence-electron chi connectivity index (χ0n) is 27.2. The first kappa shape index (κ1) is 35.4. The number of morpholine rings is 2. The summed E-state index contributed by atoms with van der Waals surface area (Å²) >= 11 is 5.85. The molecule has 0 aliphatic carbocycles. The first-order valence-corrected chi connectivity index (χ1v) is 15.6. The van der Waals surface area contributed by atoms with Crippen LogP contribution in [-0.4, -0.2) is 112 Å². The lowest BCUT2D eigenvalue weighted by molar-refractivity contribution is -0.0371. The summed E-state index contributed by atoms with van der Waals surface area (Å²) in [5.74, 6) is 1.04. The molecule has 0 radical (unpaired) electrons. The number of aryl methyl sites for hydroxylation is 2. The Balaban J connectivity index is 0.000000213. The van der Waals surface area contributed by atoms with Gasteiger partial charge in [-0.1, -0.05) is 11.6 Å². The quantitative estimate of drug-likeness (QED) is 0.273. The van der Waals surface area contributed by atoms with Gasteiger partial charge in [-0.25, -0.2) is 14.8 Å². The Morgan fingerprint density at radius 2 is 1.72 bits per heavy atom. The number of carbonyl (C=O) groups is 1. The number of ether oxygens (including phenoxy) is 3. The SMILES string of the molecule is Cc1nnc(Cl)cc1NCC1CN(C(=O)OC(C)(C)C)CCO1.Cc1nnc(Nc2cnc(C#N)cn2)cc1NCC1CNCCO1. The number of amides is 1. The van der Waals surface area contributed by atoms with E-state index in [1.165, 1.54) is 12.4 Å². The Kier molecular flexibility index (Phi) is 12.8. The molecule has 3 aromatic rings. The third-order valence-electron chi connectivity index (χ3n) is 6.79.